The minimum Gasteiger partial charge on any atom is -0.280 e. The summed E-state index contributed by atoms with van der Waals surface area (Å²) in [6, 6.07) is 21.7. The molecule has 7 heteroatoms. The lowest BCUT2D eigenvalue weighted by Crippen LogP contribution is -2.12. The Labute approximate surface area is 163 Å². The lowest BCUT2D eigenvalue weighted by atomic mass is 10.2. The lowest BCUT2D eigenvalue weighted by molar-refractivity contribution is 0.601. The quantitative estimate of drug-likeness (QED) is 0.450. The van der Waals surface area contributed by atoms with E-state index in [4.69, 9.17) is 0 Å². The van der Waals surface area contributed by atoms with E-state index in [2.05, 4.69) is 25.6 Å². The fourth-order valence-corrected chi connectivity index (χ4v) is 4.80. The lowest BCUT2D eigenvalue weighted by Gasteiger charge is -2.08. The van der Waals surface area contributed by atoms with Crippen LogP contribution in [-0.2, 0) is 10.0 Å². The zero-order chi connectivity index (χ0) is 18.1. The summed E-state index contributed by atoms with van der Waals surface area (Å²) in [7, 11) is -3.61. The van der Waals surface area contributed by atoms with Crippen molar-refractivity contribution in [2.24, 2.45) is 0 Å². The van der Waals surface area contributed by atoms with Gasteiger partial charge in [0.05, 0.1) is 15.1 Å². The van der Waals surface area contributed by atoms with Crippen molar-refractivity contribution >= 4 is 53.2 Å². The van der Waals surface area contributed by atoms with Crippen molar-refractivity contribution in [2.45, 2.75) is 4.90 Å². The summed E-state index contributed by atoms with van der Waals surface area (Å²) >= 11 is 4.91. The first kappa shape index (κ1) is 17.2. The van der Waals surface area contributed by atoms with Gasteiger partial charge in [0, 0.05) is 15.7 Å². The molecule has 0 radical (unpaired) electrons. The van der Waals surface area contributed by atoms with E-state index in [0.717, 1.165) is 25.3 Å². The Balaban J connectivity index is 1.58. The number of nitrogens with one attached hydrogen (secondary N) is 1. The summed E-state index contributed by atoms with van der Waals surface area (Å²) in [5, 5.41) is 0.911. The largest absolute Gasteiger partial charge is 0.280 e. The number of halogens is 1. The molecule has 1 aromatic heterocycles. The molecule has 0 aliphatic heterocycles. The number of rotatable bonds is 4. The van der Waals surface area contributed by atoms with Gasteiger partial charge in [-0.3, -0.25) is 4.72 Å². The third-order valence-electron chi connectivity index (χ3n) is 3.80. The molecule has 0 atom stereocenters. The standard InChI is InChI=1S/C19H13BrN2O2S2/c20-14-7-11-16(12-8-14)26(23,24)22-15-9-5-13(6-10-15)19-21-17-3-1-2-4-18(17)25-19/h1-12,22H. The van der Waals surface area contributed by atoms with E-state index in [1.54, 1.807) is 47.7 Å². The van der Waals surface area contributed by atoms with Crippen LogP contribution in [0, 0.1) is 0 Å². The van der Waals surface area contributed by atoms with Gasteiger partial charge in [0.2, 0.25) is 0 Å². The summed E-state index contributed by atoms with van der Waals surface area (Å²) in [5.74, 6) is 0. The number of benzene rings is 3. The van der Waals surface area contributed by atoms with Crippen molar-refractivity contribution in [3.63, 3.8) is 0 Å². The van der Waals surface area contributed by atoms with E-state index < -0.39 is 10.0 Å². The number of anilines is 1. The molecule has 0 saturated carbocycles. The molecule has 0 fully saturated rings. The van der Waals surface area contributed by atoms with Crippen LogP contribution in [0.2, 0.25) is 0 Å². The van der Waals surface area contributed by atoms with Crippen LogP contribution in [0.25, 0.3) is 20.8 Å². The Hall–Kier alpha value is -2.22. The van der Waals surface area contributed by atoms with Crippen molar-refractivity contribution in [3.05, 3.63) is 77.3 Å². The second-order valence-electron chi connectivity index (χ2n) is 5.62. The average Bonchev–Trinajstić information content (AvgIpc) is 3.06. The summed E-state index contributed by atoms with van der Waals surface area (Å²) < 4.78 is 29.5. The molecule has 3 aromatic carbocycles. The van der Waals surface area contributed by atoms with Gasteiger partial charge < -0.3 is 0 Å². The van der Waals surface area contributed by atoms with Crippen LogP contribution in [0.15, 0.2) is 82.2 Å². The van der Waals surface area contributed by atoms with Crippen molar-refractivity contribution < 1.29 is 8.42 Å². The van der Waals surface area contributed by atoms with E-state index in [9.17, 15) is 8.42 Å². The predicted molar refractivity (Wildman–Crippen MR) is 110 cm³/mol. The highest BCUT2D eigenvalue weighted by Gasteiger charge is 2.14. The fourth-order valence-electron chi connectivity index (χ4n) is 2.50. The van der Waals surface area contributed by atoms with Gasteiger partial charge in [-0.2, -0.15) is 0 Å². The average molecular weight is 445 g/mol. The van der Waals surface area contributed by atoms with E-state index in [1.807, 2.05) is 36.4 Å². The van der Waals surface area contributed by atoms with Crippen LogP contribution in [0.3, 0.4) is 0 Å². The third-order valence-corrected chi connectivity index (χ3v) is 6.81. The molecule has 1 N–H and O–H groups in total. The number of fused-ring (bicyclic) bond motifs is 1. The van der Waals surface area contributed by atoms with Crippen molar-refractivity contribution in [1.82, 2.24) is 4.98 Å². The molecule has 130 valence electrons. The molecular weight excluding hydrogens is 432 g/mol. The monoisotopic (exact) mass is 444 g/mol. The second-order valence-corrected chi connectivity index (χ2v) is 9.25. The molecule has 4 aromatic rings. The summed E-state index contributed by atoms with van der Waals surface area (Å²) in [5.41, 5.74) is 2.43. The van der Waals surface area contributed by atoms with Gasteiger partial charge in [0.25, 0.3) is 10.0 Å². The summed E-state index contributed by atoms with van der Waals surface area (Å²) in [6.45, 7) is 0. The SMILES string of the molecule is O=S(=O)(Nc1ccc(-c2nc3ccccc3s2)cc1)c1ccc(Br)cc1. The zero-order valence-electron chi connectivity index (χ0n) is 13.4. The van der Waals surface area contributed by atoms with Gasteiger partial charge in [-0.1, -0.05) is 28.1 Å². The smallest absolute Gasteiger partial charge is 0.261 e. The molecule has 4 nitrogen and oxygen atoms in total. The Morgan fingerprint density at radius 1 is 0.885 bits per heavy atom. The molecule has 0 spiro atoms. The van der Waals surface area contributed by atoms with Crippen molar-refractivity contribution in [3.8, 4) is 10.6 Å². The number of hydrogen-bond donors (Lipinski definition) is 1. The predicted octanol–water partition coefficient (Wildman–Crippen LogP) is 5.53. The van der Waals surface area contributed by atoms with Crippen molar-refractivity contribution in [1.29, 1.82) is 0 Å². The minimum absolute atomic E-state index is 0.218. The molecule has 4 rings (SSSR count). The molecule has 1 heterocycles. The van der Waals surface area contributed by atoms with E-state index >= 15 is 0 Å². The number of para-hydroxylation sites is 1. The van der Waals surface area contributed by atoms with Crippen LogP contribution >= 0.6 is 27.3 Å². The normalized spacial score (nSPS) is 11.6. The first-order chi connectivity index (χ1) is 12.5. The van der Waals surface area contributed by atoms with Gasteiger partial charge in [0.1, 0.15) is 5.01 Å². The van der Waals surface area contributed by atoms with E-state index in [-0.39, 0.29) is 4.90 Å². The Morgan fingerprint density at radius 3 is 2.27 bits per heavy atom. The Morgan fingerprint density at radius 2 is 1.58 bits per heavy atom. The topological polar surface area (TPSA) is 59.1 Å². The van der Waals surface area contributed by atoms with Crippen LogP contribution in [0.4, 0.5) is 5.69 Å². The molecule has 0 aliphatic rings. The molecule has 0 saturated heterocycles. The van der Waals surface area contributed by atoms with Crippen LogP contribution in [0.1, 0.15) is 0 Å². The van der Waals surface area contributed by atoms with Gasteiger partial charge in [-0.05, 0) is 60.7 Å². The fraction of sp³-hybridized carbons (Fsp3) is 0. The number of aromatic nitrogens is 1. The highest BCUT2D eigenvalue weighted by Crippen LogP contribution is 2.30. The zero-order valence-corrected chi connectivity index (χ0v) is 16.6. The molecular formula is C19H13BrN2O2S2. The summed E-state index contributed by atoms with van der Waals surface area (Å²) in [6.07, 6.45) is 0. The molecule has 0 unspecified atom stereocenters. The molecule has 0 amide bonds. The molecule has 0 aliphatic carbocycles. The summed E-state index contributed by atoms with van der Waals surface area (Å²) in [4.78, 5) is 4.84. The first-order valence-corrected chi connectivity index (χ1v) is 10.8. The van der Waals surface area contributed by atoms with E-state index in [1.165, 1.54) is 0 Å². The van der Waals surface area contributed by atoms with Crippen LogP contribution < -0.4 is 4.72 Å². The molecule has 26 heavy (non-hydrogen) atoms. The maximum absolute atomic E-state index is 12.4. The van der Waals surface area contributed by atoms with Crippen LogP contribution in [-0.4, -0.2) is 13.4 Å². The van der Waals surface area contributed by atoms with Crippen LogP contribution in [0.5, 0.6) is 0 Å². The maximum Gasteiger partial charge on any atom is 0.261 e. The Bertz CT molecular complexity index is 1140. The van der Waals surface area contributed by atoms with Gasteiger partial charge in [-0.15, -0.1) is 11.3 Å². The molecule has 0 bridgehead atoms. The number of thiazole rings is 1. The third kappa shape index (κ3) is 3.51. The maximum atomic E-state index is 12.4. The van der Waals surface area contributed by atoms with Gasteiger partial charge in [-0.25, -0.2) is 13.4 Å². The number of sulfonamides is 1. The highest BCUT2D eigenvalue weighted by molar-refractivity contribution is 9.10. The number of hydrogen-bond acceptors (Lipinski definition) is 4. The second kappa shape index (κ2) is 6.83. The first-order valence-electron chi connectivity index (χ1n) is 7.76. The van der Waals surface area contributed by atoms with E-state index in [0.29, 0.717) is 5.69 Å². The van der Waals surface area contributed by atoms with Gasteiger partial charge >= 0.3 is 0 Å². The highest BCUT2D eigenvalue weighted by atomic mass is 79.9. The van der Waals surface area contributed by atoms with Gasteiger partial charge in [0.15, 0.2) is 0 Å². The Kier molecular flexibility index (Phi) is 4.52. The minimum atomic E-state index is -3.61. The number of nitrogens with zero attached hydrogens (tertiary/aromatic N) is 1. The van der Waals surface area contributed by atoms with Crippen molar-refractivity contribution in [2.75, 3.05) is 4.72 Å².